The molecule has 19 heavy (non-hydrogen) atoms. The summed E-state index contributed by atoms with van der Waals surface area (Å²) in [5.41, 5.74) is 1.46. The molecule has 100 valence electrons. The number of para-hydroxylation sites is 1. The molecule has 1 aliphatic carbocycles. The number of hydrogen-bond donors (Lipinski definition) is 1. The van der Waals surface area contributed by atoms with Crippen LogP contribution >= 0.6 is 0 Å². The molecule has 2 unspecified atom stereocenters. The van der Waals surface area contributed by atoms with Gasteiger partial charge in [-0.15, -0.1) is 0 Å². The second-order valence-electron chi connectivity index (χ2n) is 5.41. The first-order chi connectivity index (χ1) is 9.15. The van der Waals surface area contributed by atoms with E-state index in [0.29, 0.717) is 18.2 Å². The van der Waals surface area contributed by atoms with Crippen LogP contribution in [-0.2, 0) is 6.54 Å². The molecule has 0 bridgehead atoms. The van der Waals surface area contributed by atoms with Crippen LogP contribution in [-0.4, -0.2) is 0 Å². The van der Waals surface area contributed by atoms with Crippen LogP contribution in [0.5, 0.6) is 0 Å². The van der Waals surface area contributed by atoms with E-state index in [-0.39, 0.29) is 5.82 Å². The molecule has 0 aliphatic heterocycles. The lowest BCUT2D eigenvalue weighted by atomic mass is 10.2. The Morgan fingerprint density at radius 3 is 2.79 bits per heavy atom. The van der Waals surface area contributed by atoms with E-state index in [9.17, 15) is 4.39 Å². The van der Waals surface area contributed by atoms with Crippen molar-refractivity contribution in [3.63, 3.8) is 0 Å². The van der Waals surface area contributed by atoms with Crippen molar-refractivity contribution in [1.82, 2.24) is 0 Å². The van der Waals surface area contributed by atoms with Crippen molar-refractivity contribution in [3.05, 3.63) is 53.2 Å². The van der Waals surface area contributed by atoms with E-state index in [2.05, 4.69) is 12.2 Å². The molecular formula is C16H18FNO. The molecule has 0 radical (unpaired) electrons. The quantitative estimate of drug-likeness (QED) is 0.876. The zero-order valence-corrected chi connectivity index (χ0v) is 11.2. The van der Waals surface area contributed by atoms with Gasteiger partial charge in [0.25, 0.3) is 0 Å². The third kappa shape index (κ3) is 2.50. The number of nitrogens with one attached hydrogen (secondary N) is 1. The van der Waals surface area contributed by atoms with Crippen molar-refractivity contribution in [2.24, 2.45) is 5.92 Å². The largest absolute Gasteiger partial charge is 0.464 e. The van der Waals surface area contributed by atoms with Crippen LogP contribution in [0.2, 0.25) is 0 Å². The Balaban J connectivity index is 1.67. The number of hydrogen-bond acceptors (Lipinski definition) is 2. The Kier molecular flexibility index (Phi) is 3.05. The zero-order chi connectivity index (χ0) is 13.4. The highest BCUT2D eigenvalue weighted by atomic mass is 19.1. The van der Waals surface area contributed by atoms with Gasteiger partial charge in [0, 0.05) is 5.92 Å². The molecule has 1 aliphatic rings. The van der Waals surface area contributed by atoms with Crippen molar-refractivity contribution in [3.8, 4) is 0 Å². The van der Waals surface area contributed by atoms with E-state index in [1.165, 1.54) is 12.5 Å². The van der Waals surface area contributed by atoms with Gasteiger partial charge in [-0.1, -0.05) is 19.1 Å². The normalized spacial score (nSPS) is 21.4. The number of furan rings is 1. The van der Waals surface area contributed by atoms with E-state index < -0.39 is 0 Å². The number of halogens is 1. The summed E-state index contributed by atoms with van der Waals surface area (Å²) in [6.45, 7) is 4.64. The van der Waals surface area contributed by atoms with Crippen LogP contribution in [0.3, 0.4) is 0 Å². The summed E-state index contributed by atoms with van der Waals surface area (Å²) in [6, 6.07) is 9.10. The van der Waals surface area contributed by atoms with Gasteiger partial charge in [-0.25, -0.2) is 4.39 Å². The summed E-state index contributed by atoms with van der Waals surface area (Å²) >= 11 is 0. The summed E-state index contributed by atoms with van der Waals surface area (Å²) in [5.74, 6) is 3.03. The Hall–Kier alpha value is -1.77. The lowest BCUT2D eigenvalue weighted by Crippen LogP contribution is -2.02. The summed E-state index contributed by atoms with van der Waals surface area (Å²) in [7, 11) is 0. The smallest absolute Gasteiger partial charge is 0.146 e. The Morgan fingerprint density at radius 2 is 2.11 bits per heavy atom. The van der Waals surface area contributed by atoms with Gasteiger partial charge in [0.1, 0.15) is 17.3 Å². The fourth-order valence-corrected chi connectivity index (χ4v) is 2.44. The van der Waals surface area contributed by atoms with Crippen molar-refractivity contribution in [2.75, 3.05) is 5.32 Å². The van der Waals surface area contributed by atoms with Crippen LogP contribution < -0.4 is 5.32 Å². The van der Waals surface area contributed by atoms with E-state index in [0.717, 1.165) is 23.0 Å². The average Bonchev–Trinajstić information content (AvgIpc) is 2.92. The molecule has 0 amide bonds. The highest BCUT2D eigenvalue weighted by Crippen LogP contribution is 2.47. The molecule has 1 heterocycles. The second-order valence-corrected chi connectivity index (χ2v) is 5.41. The summed E-state index contributed by atoms with van der Waals surface area (Å²) < 4.78 is 19.4. The maximum atomic E-state index is 13.7. The topological polar surface area (TPSA) is 25.2 Å². The third-order valence-corrected chi connectivity index (χ3v) is 3.82. The molecule has 1 N–H and O–H groups in total. The minimum atomic E-state index is -0.220. The molecule has 2 atom stereocenters. The van der Waals surface area contributed by atoms with Crippen LogP contribution in [0.15, 0.2) is 34.7 Å². The first kappa shape index (κ1) is 12.3. The molecule has 1 fully saturated rings. The number of aryl methyl sites for hydroxylation is 1. The molecular weight excluding hydrogens is 241 g/mol. The van der Waals surface area contributed by atoms with Crippen LogP contribution in [0.1, 0.15) is 36.3 Å². The SMILES string of the molecule is Cc1cccc(F)c1NCc1ccc(C2CC2C)o1. The monoisotopic (exact) mass is 259 g/mol. The van der Waals surface area contributed by atoms with Crippen molar-refractivity contribution >= 4 is 5.69 Å². The standard InChI is InChI=1S/C16H18FNO/c1-10-4-3-5-14(17)16(10)18-9-12-6-7-15(19-12)13-8-11(13)2/h3-7,11,13,18H,8-9H2,1-2H3. The molecule has 0 saturated heterocycles. The molecule has 1 aromatic heterocycles. The van der Waals surface area contributed by atoms with Gasteiger partial charge in [0.15, 0.2) is 0 Å². The van der Waals surface area contributed by atoms with E-state index >= 15 is 0 Å². The third-order valence-electron chi connectivity index (χ3n) is 3.82. The molecule has 1 aromatic carbocycles. The predicted octanol–water partition coefficient (Wildman–Crippen LogP) is 4.46. The van der Waals surface area contributed by atoms with Crippen LogP contribution in [0.4, 0.5) is 10.1 Å². The van der Waals surface area contributed by atoms with Gasteiger partial charge in [-0.3, -0.25) is 0 Å². The molecule has 2 nitrogen and oxygen atoms in total. The van der Waals surface area contributed by atoms with Gasteiger partial charge < -0.3 is 9.73 Å². The number of benzene rings is 1. The summed E-state index contributed by atoms with van der Waals surface area (Å²) in [5, 5.41) is 3.11. The van der Waals surface area contributed by atoms with Crippen molar-refractivity contribution < 1.29 is 8.81 Å². The van der Waals surface area contributed by atoms with Gasteiger partial charge in [0.05, 0.1) is 12.2 Å². The number of rotatable bonds is 4. The van der Waals surface area contributed by atoms with Crippen molar-refractivity contribution in [2.45, 2.75) is 32.7 Å². The molecule has 0 spiro atoms. The highest BCUT2D eigenvalue weighted by Gasteiger charge is 2.36. The maximum Gasteiger partial charge on any atom is 0.146 e. The minimum Gasteiger partial charge on any atom is -0.464 e. The minimum absolute atomic E-state index is 0.220. The molecule has 2 aromatic rings. The predicted molar refractivity (Wildman–Crippen MR) is 73.7 cm³/mol. The first-order valence-corrected chi connectivity index (χ1v) is 6.72. The van der Waals surface area contributed by atoms with E-state index in [1.54, 1.807) is 6.07 Å². The van der Waals surface area contributed by atoms with Gasteiger partial charge >= 0.3 is 0 Å². The summed E-state index contributed by atoms with van der Waals surface area (Å²) in [4.78, 5) is 0. The zero-order valence-electron chi connectivity index (χ0n) is 11.2. The molecule has 3 heteroatoms. The lowest BCUT2D eigenvalue weighted by Gasteiger charge is -2.08. The van der Waals surface area contributed by atoms with Gasteiger partial charge in [0.2, 0.25) is 0 Å². The molecule has 3 rings (SSSR count). The fraction of sp³-hybridized carbons (Fsp3) is 0.375. The lowest BCUT2D eigenvalue weighted by molar-refractivity contribution is 0.467. The Labute approximate surface area is 112 Å². The van der Waals surface area contributed by atoms with Crippen LogP contribution in [0.25, 0.3) is 0 Å². The van der Waals surface area contributed by atoms with E-state index in [4.69, 9.17) is 4.42 Å². The second kappa shape index (κ2) is 4.72. The van der Waals surface area contributed by atoms with Crippen molar-refractivity contribution in [1.29, 1.82) is 0 Å². The van der Waals surface area contributed by atoms with Gasteiger partial charge in [-0.2, -0.15) is 0 Å². The highest BCUT2D eigenvalue weighted by molar-refractivity contribution is 5.51. The summed E-state index contributed by atoms with van der Waals surface area (Å²) in [6.07, 6.45) is 1.22. The fourth-order valence-electron chi connectivity index (χ4n) is 2.44. The number of anilines is 1. The van der Waals surface area contributed by atoms with Gasteiger partial charge in [-0.05, 0) is 43.0 Å². The first-order valence-electron chi connectivity index (χ1n) is 6.72. The van der Waals surface area contributed by atoms with E-state index in [1.807, 2.05) is 25.1 Å². The maximum absolute atomic E-state index is 13.7. The molecule has 1 saturated carbocycles. The average molecular weight is 259 g/mol. The Bertz CT molecular complexity index is 570. The Morgan fingerprint density at radius 1 is 1.32 bits per heavy atom. The van der Waals surface area contributed by atoms with Crippen LogP contribution in [0, 0.1) is 18.7 Å².